The molecule has 110 valence electrons. The number of hydrogen-bond acceptors (Lipinski definition) is 3. The third-order valence-corrected chi connectivity index (χ3v) is 4.29. The van der Waals surface area contributed by atoms with Gasteiger partial charge in [-0.15, -0.1) is 0 Å². The lowest BCUT2D eigenvalue weighted by Gasteiger charge is -2.33. The summed E-state index contributed by atoms with van der Waals surface area (Å²) in [6, 6.07) is 13.0. The Kier molecular flexibility index (Phi) is 4.73. The fourth-order valence-corrected chi connectivity index (χ4v) is 2.94. The Morgan fingerprint density at radius 2 is 1.90 bits per heavy atom. The van der Waals surface area contributed by atoms with Crippen LogP contribution in [0, 0.1) is 0 Å². The molecule has 0 spiro atoms. The summed E-state index contributed by atoms with van der Waals surface area (Å²) >= 11 is 6.17. The lowest BCUT2D eigenvalue weighted by atomic mass is 10.0. The van der Waals surface area contributed by atoms with Gasteiger partial charge in [-0.3, -0.25) is 9.88 Å². The average molecular weight is 302 g/mol. The number of piperidine rings is 1. The minimum Gasteiger partial charge on any atom is -0.380 e. The van der Waals surface area contributed by atoms with E-state index in [4.69, 9.17) is 11.6 Å². The Bertz CT molecular complexity index is 565. The molecule has 1 aliphatic rings. The zero-order chi connectivity index (χ0) is 14.5. The summed E-state index contributed by atoms with van der Waals surface area (Å²) in [5, 5.41) is 4.26. The van der Waals surface area contributed by atoms with Crippen molar-refractivity contribution >= 4 is 17.3 Å². The second kappa shape index (κ2) is 6.92. The van der Waals surface area contributed by atoms with Gasteiger partial charge in [0.25, 0.3) is 0 Å². The first kappa shape index (κ1) is 14.4. The van der Waals surface area contributed by atoms with Gasteiger partial charge in [-0.2, -0.15) is 0 Å². The molecule has 1 aliphatic heterocycles. The van der Waals surface area contributed by atoms with E-state index in [0.717, 1.165) is 43.2 Å². The predicted molar refractivity (Wildman–Crippen MR) is 87.6 cm³/mol. The minimum absolute atomic E-state index is 0.485. The number of benzene rings is 1. The monoisotopic (exact) mass is 301 g/mol. The molecule has 2 aromatic rings. The van der Waals surface area contributed by atoms with Crippen molar-refractivity contribution in [1.82, 2.24) is 9.88 Å². The van der Waals surface area contributed by atoms with Crippen molar-refractivity contribution in [2.45, 2.75) is 25.4 Å². The number of pyridine rings is 1. The Labute approximate surface area is 131 Å². The summed E-state index contributed by atoms with van der Waals surface area (Å²) < 4.78 is 0. The van der Waals surface area contributed by atoms with Crippen molar-refractivity contribution in [3.05, 3.63) is 59.4 Å². The first-order chi connectivity index (χ1) is 10.3. The highest BCUT2D eigenvalue weighted by molar-refractivity contribution is 6.33. The molecule has 0 aliphatic carbocycles. The van der Waals surface area contributed by atoms with Crippen LogP contribution < -0.4 is 5.32 Å². The molecule has 1 fully saturated rings. The summed E-state index contributed by atoms with van der Waals surface area (Å²) in [4.78, 5) is 6.64. The van der Waals surface area contributed by atoms with E-state index in [0.29, 0.717) is 6.04 Å². The van der Waals surface area contributed by atoms with Crippen LogP contribution in [0.25, 0.3) is 0 Å². The van der Waals surface area contributed by atoms with E-state index in [2.05, 4.69) is 45.5 Å². The van der Waals surface area contributed by atoms with Gasteiger partial charge in [-0.25, -0.2) is 0 Å². The third-order valence-electron chi connectivity index (χ3n) is 3.96. The number of rotatable bonds is 4. The van der Waals surface area contributed by atoms with Crippen LogP contribution in [0.4, 0.5) is 5.69 Å². The summed E-state index contributed by atoms with van der Waals surface area (Å²) in [5.74, 6) is 0. The minimum atomic E-state index is 0.485. The molecule has 3 nitrogen and oxygen atoms in total. The second-order valence-corrected chi connectivity index (χ2v) is 5.94. The van der Waals surface area contributed by atoms with Crippen LogP contribution in [-0.4, -0.2) is 29.0 Å². The van der Waals surface area contributed by atoms with Crippen LogP contribution >= 0.6 is 11.6 Å². The fraction of sp³-hybridized carbons (Fsp3) is 0.353. The van der Waals surface area contributed by atoms with Crippen LogP contribution in [0.5, 0.6) is 0 Å². The molecule has 0 bridgehead atoms. The van der Waals surface area contributed by atoms with Crippen LogP contribution in [-0.2, 0) is 6.54 Å². The van der Waals surface area contributed by atoms with Gasteiger partial charge in [0.1, 0.15) is 0 Å². The Morgan fingerprint density at radius 3 is 2.62 bits per heavy atom. The molecular weight excluding hydrogens is 282 g/mol. The first-order valence-corrected chi connectivity index (χ1v) is 7.81. The number of nitrogens with zero attached hydrogens (tertiary/aromatic N) is 2. The molecule has 0 amide bonds. The SMILES string of the molecule is Clc1ccncc1NC1CCN(Cc2ccccc2)CC1. The molecule has 2 heterocycles. The molecule has 0 saturated carbocycles. The van der Waals surface area contributed by atoms with Crippen molar-refractivity contribution in [2.24, 2.45) is 0 Å². The van der Waals surface area contributed by atoms with Crippen LogP contribution in [0.15, 0.2) is 48.8 Å². The highest BCUT2D eigenvalue weighted by atomic mass is 35.5. The van der Waals surface area contributed by atoms with Crippen molar-refractivity contribution < 1.29 is 0 Å². The molecule has 1 aromatic heterocycles. The van der Waals surface area contributed by atoms with E-state index >= 15 is 0 Å². The van der Waals surface area contributed by atoms with Gasteiger partial charge in [-0.1, -0.05) is 41.9 Å². The molecule has 3 rings (SSSR count). The summed E-state index contributed by atoms with van der Waals surface area (Å²) in [7, 11) is 0. The zero-order valence-electron chi connectivity index (χ0n) is 12.0. The average Bonchev–Trinajstić information content (AvgIpc) is 2.52. The van der Waals surface area contributed by atoms with Crippen LogP contribution in [0.3, 0.4) is 0 Å². The number of likely N-dealkylation sites (tertiary alicyclic amines) is 1. The van der Waals surface area contributed by atoms with Gasteiger partial charge in [0, 0.05) is 31.9 Å². The molecular formula is C17H20ClN3. The Hall–Kier alpha value is -1.58. The summed E-state index contributed by atoms with van der Waals surface area (Å²) in [5.41, 5.74) is 2.33. The third kappa shape index (κ3) is 3.96. The number of aromatic nitrogens is 1. The lowest BCUT2D eigenvalue weighted by Crippen LogP contribution is -2.38. The fourth-order valence-electron chi connectivity index (χ4n) is 2.78. The van der Waals surface area contributed by atoms with E-state index in [9.17, 15) is 0 Å². The Balaban J connectivity index is 1.50. The number of halogens is 1. The standard InChI is InChI=1S/C17H20ClN3/c18-16-6-9-19-12-17(16)20-15-7-10-21(11-8-15)13-14-4-2-1-3-5-14/h1-6,9,12,15,20H,7-8,10-11,13H2. The predicted octanol–water partition coefficient (Wildman–Crippen LogP) is 3.81. The normalized spacial score (nSPS) is 16.8. The van der Waals surface area contributed by atoms with Crippen molar-refractivity contribution in [3.63, 3.8) is 0 Å². The quantitative estimate of drug-likeness (QED) is 0.931. The van der Waals surface area contributed by atoms with Crippen LogP contribution in [0.1, 0.15) is 18.4 Å². The van der Waals surface area contributed by atoms with Gasteiger partial charge >= 0.3 is 0 Å². The van der Waals surface area contributed by atoms with Gasteiger partial charge in [0.15, 0.2) is 0 Å². The van der Waals surface area contributed by atoms with E-state index < -0.39 is 0 Å². The van der Waals surface area contributed by atoms with Crippen molar-refractivity contribution in [2.75, 3.05) is 18.4 Å². The van der Waals surface area contributed by atoms with Crippen LogP contribution in [0.2, 0.25) is 5.02 Å². The molecule has 0 unspecified atom stereocenters. The topological polar surface area (TPSA) is 28.2 Å². The second-order valence-electron chi connectivity index (χ2n) is 5.54. The molecule has 0 radical (unpaired) electrons. The maximum Gasteiger partial charge on any atom is 0.0718 e. The van der Waals surface area contributed by atoms with E-state index in [1.165, 1.54) is 5.56 Å². The van der Waals surface area contributed by atoms with E-state index in [-0.39, 0.29) is 0 Å². The van der Waals surface area contributed by atoms with Crippen molar-refractivity contribution in [3.8, 4) is 0 Å². The number of anilines is 1. The van der Waals surface area contributed by atoms with Gasteiger partial charge in [0.05, 0.1) is 16.9 Å². The maximum atomic E-state index is 6.17. The van der Waals surface area contributed by atoms with E-state index in [1.54, 1.807) is 12.4 Å². The van der Waals surface area contributed by atoms with Gasteiger partial charge in [0.2, 0.25) is 0 Å². The highest BCUT2D eigenvalue weighted by Gasteiger charge is 2.19. The largest absolute Gasteiger partial charge is 0.380 e. The zero-order valence-corrected chi connectivity index (χ0v) is 12.8. The molecule has 1 aromatic carbocycles. The number of nitrogens with one attached hydrogen (secondary N) is 1. The molecule has 1 saturated heterocycles. The van der Waals surface area contributed by atoms with Crippen molar-refractivity contribution in [1.29, 1.82) is 0 Å². The molecule has 21 heavy (non-hydrogen) atoms. The van der Waals surface area contributed by atoms with Gasteiger partial charge < -0.3 is 5.32 Å². The molecule has 1 N–H and O–H groups in total. The lowest BCUT2D eigenvalue weighted by molar-refractivity contribution is 0.211. The summed E-state index contributed by atoms with van der Waals surface area (Å²) in [6.45, 7) is 3.27. The highest BCUT2D eigenvalue weighted by Crippen LogP contribution is 2.23. The molecule has 0 atom stereocenters. The summed E-state index contributed by atoms with van der Waals surface area (Å²) in [6.07, 6.45) is 5.80. The molecule has 4 heteroatoms. The smallest absolute Gasteiger partial charge is 0.0718 e. The first-order valence-electron chi connectivity index (χ1n) is 7.43. The maximum absolute atomic E-state index is 6.17. The Morgan fingerprint density at radius 1 is 1.14 bits per heavy atom. The van der Waals surface area contributed by atoms with Gasteiger partial charge in [-0.05, 0) is 24.5 Å². The van der Waals surface area contributed by atoms with E-state index in [1.807, 2.05) is 6.07 Å². The number of hydrogen-bond donors (Lipinski definition) is 1.